The lowest BCUT2D eigenvalue weighted by atomic mass is 10.2. The topological polar surface area (TPSA) is 85.5 Å². The van der Waals surface area contributed by atoms with Crippen LogP contribution in [0, 0.1) is 11.3 Å². The minimum absolute atomic E-state index is 0.0803. The van der Waals surface area contributed by atoms with Crippen LogP contribution in [0.25, 0.3) is 0 Å². The molecule has 0 saturated heterocycles. The van der Waals surface area contributed by atoms with Gasteiger partial charge in [-0.05, 0) is 12.1 Å². The van der Waals surface area contributed by atoms with Gasteiger partial charge < -0.3 is 20.3 Å². The van der Waals surface area contributed by atoms with E-state index in [1.54, 1.807) is 6.07 Å². The monoisotopic (exact) mass is 276 g/mol. The van der Waals surface area contributed by atoms with E-state index in [1.807, 2.05) is 0 Å². The number of nitrogens with one attached hydrogen (secondary N) is 1. The second kappa shape index (κ2) is 6.26. The second-order valence-corrected chi connectivity index (χ2v) is 3.58. The molecule has 1 aromatic carbocycles. The van der Waals surface area contributed by atoms with Gasteiger partial charge in [-0.25, -0.2) is 0 Å². The smallest absolute Gasteiger partial charge is 0.406 e. The number of benzene rings is 1. The summed E-state index contributed by atoms with van der Waals surface area (Å²) in [6.07, 6.45) is -5.91. The van der Waals surface area contributed by atoms with E-state index in [2.05, 4.69) is 10.1 Å². The molecule has 0 fully saturated rings. The molecule has 3 N–H and O–H groups in total. The standard InChI is InChI=1S/C11H11F3N2O3/c12-11(13,14)19-9-2-1-7(4-15)10(3-9)16-5-8(18)6-17/h1-3,8,16-18H,5-6H2. The van der Waals surface area contributed by atoms with Gasteiger partial charge in [0.25, 0.3) is 0 Å². The Kier molecular flexibility index (Phi) is 4.97. The highest BCUT2D eigenvalue weighted by atomic mass is 19.4. The molecule has 0 amide bonds. The number of aliphatic hydroxyl groups is 2. The fourth-order valence-electron chi connectivity index (χ4n) is 1.26. The average Bonchev–Trinajstić information content (AvgIpc) is 2.34. The first kappa shape index (κ1) is 15.1. The van der Waals surface area contributed by atoms with Crippen LogP contribution in [-0.2, 0) is 0 Å². The molecule has 0 aromatic heterocycles. The van der Waals surface area contributed by atoms with Crippen molar-refractivity contribution in [3.63, 3.8) is 0 Å². The molecule has 1 atom stereocenters. The lowest BCUT2D eigenvalue weighted by molar-refractivity contribution is -0.274. The number of anilines is 1. The average molecular weight is 276 g/mol. The molecule has 0 radical (unpaired) electrons. The summed E-state index contributed by atoms with van der Waals surface area (Å²) in [5, 5.41) is 29.1. The van der Waals surface area contributed by atoms with E-state index in [4.69, 9.17) is 15.5 Å². The first-order valence-corrected chi connectivity index (χ1v) is 5.18. The summed E-state index contributed by atoms with van der Waals surface area (Å²) in [6, 6.07) is 4.96. The van der Waals surface area contributed by atoms with Crippen molar-refractivity contribution < 1.29 is 28.1 Å². The number of ether oxygens (including phenoxy) is 1. The summed E-state index contributed by atoms with van der Waals surface area (Å²) in [4.78, 5) is 0. The van der Waals surface area contributed by atoms with E-state index >= 15 is 0 Å². The van der Waals surface area contributed by atoms with Crippen LogP contribution in [0.3, 0.4) is 0 Å². The van der Waals surface area contributed by atoms with Crippen molar-refractivity contribution in [3.05, 3.63) is 23.8 Å². The maximum Gasteiger partial charge on any atom is 0.573 e. The van der Waals surface area contributed by atoms with Gasteiger partial charge in [0.05, 0.1) is 24.0 Å². The van der Waals surface area contributed by atoms with Crippen LogP contribution in [0.15, 0.2) is 18.2 Å². The third-order valence-corrected chi connectivity index (χ3v) is 2.08. The number of aliphatic hydroxyl groups excluding tert-OH is 2. The predicted octanol–water partition coefficient (Wildman–Crippen LogP) is 1.22. The van der Waals surface area contributed by atoms with Crippen molar-refractivity contribution in [1.82, 2.24) is 0 Å². The van der Waals surface area contributed by atoms with E-state index in [-0.39, 0.29) is 17.8 Å². The van der Waals surface area contributed by atoms with Gasteiger partial charge in [-0.15, -0.1) is 13.2 Å². The van der Waals surface area contributed by atoms with Gasteiger partial charge in [-0.3, -0.25) is 0 Å². The molecule has 0 saturated carbocycles. The van der Waals surface area contributed by atoms with Crippen LogP contribution in [0.5, 0.6) is 5.75 Å². The second-order valence-electron chi connectivity index (χ2n) is 3.58. The largest absolute Gasteiger partial charge is 0.573 e. The normalized spacial score (nSPS) is 12.6. The van der Waals surface area contributed by atoms with Crippen LogP contribution in [0.4, 0.5) is 18.9 Å². The van der Waals surface area contributed by atoms with Crippen LogP contribution >= 0.6 is 0 Å². The SMILES string of the molecule is N#Cc1ccc(OC(F)(F)F)cc1NCC(O)CO. The van der Waals surface area contributed by atoms with Crippen LogP contribution in [-0.4, -0.2) is 35.8 Å². The van der Waals surface area contributed by atoms with Crippen molar-refractivity contribution in [2.75, 3.05) is 18.5 Å². The van der Waals surface area contributed by atoms with E-state index < -0.39 is 24.8 Å². The molecule has 1 rings (SSSR count). The summed E-state index contributed by atoms with van der Waals surface area (Å²) >= 11 is 0. The zero-order chi connectivity index (χ0) is 14.5. The van der Waals surface area contributed by atoms with Crippen molar-refractivity contribution in [2.45, 2.75) is 12.5 Å². The Morgan fingerprint density at radius 2 is 2.11 bits per heavy atom. The van der Waals surface area contributed by atoms with Crippen molar-refractivity contribution in [2.24, 2.45) is 0 Å². The van der Waals surface area contributed by atoms with Gasteiger partial charge in [0.15, 0.2) is 0 Å². The number of nitrogens with zero attached hydrogens (tertiary/aromatic N) is 1. The van der Waals surface area contributed by atoms with Crippen molar-refractivity contribution >= 4 is 5.69 Å². The Bertz CT molecular complexity index is 471. The zero-order valence-electron chi connectivity index (χ0n) is 9.61. The molecule has 0 aliphatic heterocycles. The van der Waals surface area contributed by atoms with Gasteiger partial charge in [0.2, 0.25) is 0 Å². The number of alkyl halides is 3. The lowest BCUT2D eigenvalue weighted by Crippen LogP contribution is -2.23. The third-order valence-electron chi connectivity index (χ3n) is 2.08. The molecule has 0 spiro atoms. The fraction of sp³-hybridized carbons (Fsp3) is 0.364. The summed E-state index contributed by atoms with van der Waals surface area (Å²) in [6.45, 7) is -0.617. The van der Waals surface area contributed by atoms with Crippen molar-refractivity contribution in [3.8, 4) is 11.8 Å². The summed E-state index contributed by atoms with van der Waals surface area (Å²) in [5.41, 5.74) is 0.177. The summed E-state index contributed by atoms with van der Waals surface area (Å²) in [7, 11) is 0. The van der Waals surface area contributed by atoms with Crippen molar-refractivity contribution in [1.29, 1.82) is 5.26 Å². The van der Waals surface area contributed by atoms with Crippen LogP contribution in [0.1, 0.15) is 5.56 Å². The minimum Gasteiger partial charge on any atom is -0.406 e. The van der Waals surface area contributed by atoms with Gasteiger partial charge in [0.1, 0.15) is 11.8 Å². The van der Waals surface area contributed by atoms with E-state index in [0.717, 1.165) is 18.2 Å². The zero-order valence-corrected chi connectivity index (χ0v) is 9.61. The van der Waals surface area contributed by atoms with Gasteiger partial charge in [0, 0.05) is 12.6 Å². The Hall–Kier alpha value is -1.98. The molecule has 0 bridgehead atoms. The highest BCUT2D eigenvalue weighted by molar-refractivity contribution is 5.60. The Labute approximate surface area is 106 Å². The van der Waals surface area contributed by atoms with E-state index in [9.17, 15) is 13.2 Å². The van der Waals surface area contributed by atoms with Gasteiger partial charge in [-0.1, -0.05) is 0 Å². The number of nitriles is 1. The highest BCUT2D eigenvalue weighted by Crippen LogP contribution is 2.27. The van der Waals surface area contributed by atoms with Gasteiger partial charge >= 0.3 is 6.36 Å². The molecule has 1 aromatic rings. The van der Waals surface area contributed by atoms with Gasteiger partial charge in [-0.2, -0.15) is 5.26 Å². The maximum absolute atomic E-state index is 12.0. The lowest BCUT2D eigenvalue weighted by Gasteiger charge is -2.14. The molecule has 0 aliphatic rings. The fourth-order valence-corrected chi connectivity index (χ4v) is 1.26. The predicted molar refractivity (Wildman–Crippen MR) is 59.4 cm³/mol. The quantitative estimate of drug-likeness (QED) is 0.753. The minimum atomic E-state index is -4.82. The summed E-state index contributed by atoms with van der Waals surface area (Å²) in [5.74, 6) is -0.479. The first-order chi connectivity index (χ1) is 8.85. The Morgan fingerprint density at radius 1 is 1.42 bits per heavy atom. The third kappa shape index (κ3) is 5.03. The molecular weight excluding hydrogens is 265 g/mol. The van der Waals surface area contributed by atoms with E-state index in [0.29, 0.717) is 0 Å². The molecule has 104 valence electrons. The molecule has 5 nitrogen and oxygen atoms in total. The molecule has 0 heterocycles. The molecule has 19 heavy (non-hydrogen) atoms. The number of halogens is 3. The molecular formula is C11H11F3N2O3. The highest BCUT2D eigenvalue weighted by Gasteiger charge is 2.31. The molecule has 0 aliphatic carbocycles. The van der Waals surface area contributed by atoms with Crippen LogP contribution in [0.2, 0.25) is 0 Å². The van der Waals surface area contributed by atoms with Crippen LogP contribution < -0.4 is 10.1 Å². The number of hydrogen-bond acceptors (Lipinski definition) is 5. The maximum atomic E-state index is 12.0. The molecule has 8 heteroatoms. The first-order valence-electron chi connectivity index (χ1n) is 5.18. The Balaban J connectivity index is 2.88. The number of hydrogen-bond donors (Lipinski definition) is 3. The number of rotatable bonds is 5. The van der Waals surface area contributed by atoms with E-state index in [1.165, 1.54) is 0 Å². The Morgan fingerprint density at radius 3 is 2.63 bits per heavy atom. The molecule has 1 unspecified atom stereocenters. The summed E-state index contributed by atoms with van der Waals surface area (Å²) < 4.78 is 39.8.